The van der Waals surface area contributed by atoms with E-state index in [9.17, 15) is 0 Å². The van der Waals surface area contributed by atoms with Gasteiger partial charge in [0.2, 0.25) is 0 Å². The van der Waals surface area contributed by atoms with Gasteiger partial charge >= 0.3 is 0 Å². The Hall–Kier alpha value is -0.960. The van der Waals surface area contributed by atoms with Gasteiger partial charge in [0, 0.05) is 16.3 Å². The lowest BCUT2D eigenvalue weighted by molar-refractivity contribution is 0.718. The van der Waals surface area contributed by atoms with Gasteiger partial charge in [-0.1, -0.05) is 60.1 Å². The Morgan fingerprint density at radius 2 is 1.95 bits per heavy atom. The predicted octanol–water partition coefficient (Wildman–Crippen LogP) is 4.91. The summed E-state index contributed by atoms with van der Waals surface area (Å²) in [6, 6.07) is 14.6. The Morgan fingerprint density at radius 3 is 2.68 bits per heavy atom. The summed E-state index contributed by atoms with van der Waals surface area (Å²) in [7, 11) is 0. The van der Waals surface area contributed by atoms with Crippen LogP contribution in [0.5, 0.6) is 0 Å². The van der Waals surface area contributed by atoms with Crippen LogP contribution in [0.3, 0.4) is 0 Å². The zero-order chi connectivity index (χ0) is 13.7. The molecule has 2 aromatic carbocycles. The van der Waals surface area contributed by atoms with Crippen LogP contribution in [-0.2, 0) is 6.54 Å². The first-order valence-electron chi connectivity index (χ1n) is 6.43. The van der Waals surface area contributed by atoms with Crippen molar-refractivity contribution in [2.75, 3.05) is 6.54 Å². The van der Waals surface area contributed by atoms with E-state index in [0.717, 1.165) is 23.0 Å². The van der Waals surface area contributed by atoms with Crippen molar-refractivity contribution >= 4 is 23.4 Å². The lowest BCUT2D eigenvalue weighted by Crippen LogP contribution is -2.12. The van der Waals surface area contributed by atoms with E-state index < -0.39 is 0 Å². The molecule has 19 heavy (non-hydrogen) atoms. The molecule has 0 unspecified atom stereocenters. The maximum Gasteiger partial charge on any atom is 0.0548 e. The predicted molar refractivity (Wildman–Crippen MR) is 84.1 cm³/mol. The Kier molecular flexibility index (Phi) is 5.32. The Balaban J connectivity index is 2.27. The monoisotopic (exact) mass is 291 g/mol. The van der Waals surface area contributed by atoms with E-state index in [2.05, 4.69) is 49.5 Å². The summed E-state index contributed by atoms with van der Waals surface area (Å²) in [5.41, 5.74) is 2.52. The molecule has 2 aromatic rings. The standard InChI is InChI=1S/C16H18ClNS/c1-3-18-11-13-7-5-9-15(17)16(13)19-14-8-4-6-12(2)10-14/h4-10,18H,3,11H2,1-2H3. The zero-order valence-corrected chi connectivity index (χ0v) is 12.8. The van der Waals surface area contributed by atoms with Gasteiger partial charge < -0.3 is 5.32 Å². The van der Waals surface area contributed by atoms with Gasteiger partial charge in [0.15, 0.2) is 0 Å². The molecule has 0 atom stereocenters. The van der Waals surface area contributed by atoms with Crippen molar-refractivity contribution < 1.29 is 0 Å². The molecular weight excluding hydrogens is 274 g/mol. The highest BCUT2D eigenvalue weighted by Crippen LogP contribution is 2.36. The molecule has 0 amide bonds. The largest absolute Gasteiger partial charge is 0.313 e. The fourth-order valence-corrected chi connectivity index (χ4v) is 3.24. The molecule has 0 saturated heterocycles. The molecule has 0 bridgehead atoms. The molecule has 0 spiro atoms. The number of halogens is 1. The normalized spacial score (nSPS) is 10.7. The quantitative estimate of drug-likeness (QED) is 0.840. The van der Waals surface area contributed by atoms with Crippen LogP contribution in [0.25, 0.3) is 0 Å². The van der Waals surface area contributed by atoms with Crippen molar-refractivity contribution in [2.45, 2.75) is 30.2 Å². The number of benzene rings is 2. The number of hydrogen-bond acceptors (Lipinski definition) is 2. The molecule has 0 aliphatic carbocycles. The molecule has 1 nitrogen and oxygen atoms in total. The van der Waals surface area contributed by atoms with Crippen molar-refractivity contribution in [3.8, 4) is 0 Å². The lowest BCUT2D eigenvalue weighted by atomic mass is 10.2. The van der Waals surface area contributed by atoms with Gasteiger partial charge in [0.1, 0.15) is 0 Å². The summed E-state index contributed by atoms with van der Waals surface area (Å²) in [6.45, 7) is 6.03. The lowest BCUT2D eigenvalue weighted by Gasteiger charge is -2.11. The van der Waals surface area contributed by atoms with Gasteiger partial charge in [-0.05, 0) is 37.2 Å². The second-order valence-electron chi connectivity index (χ2n) is 4.43. The van der Waals surface area contributed by atoms with Crippen LogP contribution in [0.15, 0.2) is 52.3 Å². The van der Waals surface area contributed by atoms with Crippen LogP contribution >= 0.6 is 23.4 Å². The molecule has 100 valence electrons. The molecule has 2 rings (SSSR count). The fourth-order valence-electron chi connectivity index (χ4n) is 1.86. The summed E-state index contributed by atoms with van der Waals surface area (Å²) in [5, 5.41) is 4.18. The molecular formula is C16H18ClNS. The SMILES string of the molecule is CCNCc1cccc(Cl)c1Sc1cccc(C)c1. The average molecular weight is 292 g/mol. The molecule has 0 aliphatic heterocycles. The zero-order valence-electron chi connectivity index (χ0n) is 11.2. The minimum absolute atomic E-state index is 0.821. The third-order valence-electron chi connectivity index (χ3n) is 2.82. The number of aryl methyl sites for hydroxylation is 1. The summed E-state index contributed by atoms with van der Waals surface area (Å²) in [4.78, 5) is 2.38. The number of nitrogens with one attached hydrogen (secondary N) is 1. The summed E-state index contributed by atoms with van der Waals surface area (Å²) in [6.07, 6.45) is 0. The van der Waals surface area contributed by atoms with E-state index >= 15 is 0 Å². The van der Waals surface area contributed by atoms with Crippen molar-refractivity contribution in [1.82, 2.24) is 5.32 Å². The van der Waals surface area contributed by atoms with Gasteiger partial charge in [-0.2, -0.15) is 0 Å². The topological polar surface area (TPSA) is 12.0 Å². The molecule has 0 aromatic heterocycles. The van der Waals surface area contributed by atoms with E-state index in [1.165, 1.54) is 16.0 Å². The average Bonchev–Trinajstić information content (AvgIpc) is 2.39. The van der Waals surface area contributed by atoms with E-state index in [-0.39, 0.29) is 0 Å². The smallest absolute Gasteiger partial charge is 0.0548 e. The summed E-state index contributed by atoms with van der Waals surface area (Å²) < 4.78 is 0. The van der Waals surface area contributed by atoms with Crippen LogP contribution in [0, 0.1) is 6.92 Å². The second-order valence-corrected chi connectivity index (χ2v) is 5.92. The third kappa shape index (κ3) is 4.00. The number of hydrogen-bond donors (Lipinski definition) is 1. The van der Waals surface area contributed by atoms with Gasteiger partial charge in [0.25, 0.3) is 0 Å². The van der Waals surface area contributed by atoms with Gasteiger partial charge in [-0.15, -0.1) is 0 Å². The van der Waals surface area contributed by atoms with Crippen LogP contribution < -0.4 is 5.32 Å². The van der Waals surface area contributed by atoms with Gasteiger partial charge in [0.05, 0.1) is 5.02 Å². The van der Waals surface area contributed by atoms with Crippen LogP contribution in [-0.4, -0.2) is 6.54 Å². The van der Waals surface area contributed by atoms with Crippen LogP contribution in [0.2, 0.25) is 5.02 Å². The van der Waals surface area contributed by atoms with E-state index in [0.29, 0.717) is 0 Å². The van der Waals surface area contributed by atoms with E-state index in [4.69, 9.17) is 11.6 Å². The first-order valence-corrected chi connectivity index (χ1v) is 7.62. The van der Waals surface area contributed by atoms with E-state index in [1.54, 1.807) is 11.8 Å². The molecule has 0 heterocycles. The highest BCUT2D eigenvalue weighted by molar-refractivity contribution is 7.99. The van der Waals surface area contributed by atoms with Gasteiger partial charge in [-0.3, -0.25) is 0 Å². The maximum absolute atomic E-state index is 6.35. The van der Waals surface area contributed by atoms with Crippen molar-refractivity contribution in [1.29, 1.82) is 0 Å². The Morgan fingerprint density at radius 1 is 1.16 bits per heavy atom. The molecule has 0 radical (unpaired) electrons. The minimum Gasteiger partial charge on any atom is -0.313 e. The second kappa shape index (κ2) is 6.99. The summed E-state index contributed by atoms with van der Waals surface area (Å²) in [5.74, 6) is 0. The molecule has 0 fully saturated rings. The Bertz CT molecular complexity index is 554. The van der Waals surface area contributed by atoms with Crippen molar-refractivity contribution in [2.24, 2.45) is 0 Å². The third-order valence-corrected chi connectivity index (χ3v) is 4.43. The van der Waals surface area contributed by atoms with Gasteiger partial charge in [-0.25, -0.2) is 0 Å². The minimum atomic E-state index is 0.821. The fraction of sp³-hybridized carbons (Fsp3) is 0.250. The van der Waals surface area contributed by atoms with Crippen LogP contribution in [0.4, 0.5) is 0 Å². The highest BCUT2D eigenvalue weighted by atomic mass is 35.5. The molecule has 1 N–H and O–H groups in total. The first kappa shape index (κ1) is 14.4. The molecule has 0 saturated carbocycles. The van der Waals surface area contributed by atoms with E-state index in [1.807, 2.05) is 12.1 Å². The van der Waals surface area contributed by atoms with Crippen LogP contribution in [0.1, 0.15) is 18.1 Å². The maximum atomic E-state index is 6.35. The molecule has 3 heteroatoms. The first-order chi connectivity index (χ1) is 9.20. The van der Waals surface area contributed by atoms with Crippen molar-refractivity contribution in [3.63, 3.8) is 0 Å². The number of rotatable bonds is 5. The van der Waals surface area contributed by atoms with Crippen molar-refractivity contribution in [3.05, 3.63) is 58.6 Å². The Labute approximate surface area is 124 Å². The highest BCUT2D eigenvalue weighted by Gasteiger charge is 2.08. The molecule has 0 aliphatic rings. The summed E-state index contributed by atoms with van der Waals surface area (Å²) >= 11 is 8.08.